The van der Waals surface area contributed by atoms with Gasteiger partial charge in [0, 0.05) is 12.0 Å². The molecule has 4 nitrogen and oxygen atoms in total. The summed E-state index contributed by atoms with van der Waals surface area (Å²) >= 11 is 0. The Balaban J connectivity index is 2.24. The second kappa shape index (κ2) is 6.95. The van der Waals surface area contributed by atoms with Crippen molar-refractivity contribution in [2.45, 2.75) is 45.1 Å². The van der Waals surface area contributed by atoms with Gasteiger partial charge in [0.1, 0.15) is 0 Å². The molecule has 1 fully saturated rings. The third kappa shape index (κ3) is 4.90. The third-order valence-corrected chi connectivity index (χ3v) is 2.90. The SMILES string of the molecule is C#CCOC(=O)C[C@@H](C)NC(=O)C1CCCC1. The molecule has 1 amide bonds. The van der Waals surface area contributed by atoms with Gasteiger partial charge in [-0.2, -0.15) is 0 Å². The number of hydrogen-bond donors (Lipinski definition) is 1. The van der Waals surface area contributed by atoms with Crippen molar-refractivity contribution in [2.75, 3.05) is 6.61 Å². The van der Waals surface area contributed by atoms with Gasteiger partial charge >= 0.3 is 5.97 Å². The van der Waals surface area contributed by atoms with Crippen molar-refractivity contribution < 1.29 is 14.3 Å². The smallest absolute Gasteiger partial charge is 0.308 e. The van der Waals surface area contributed by atoms with E-state index in [2.05, 4.69) is 11.2 Å². The number of rotatable bonds is 5. The number of ether oxygens (including phenoxy) is 1. The maximum absolute atomic E-state index is 11.8. The molecular formula is C13H19NO3. The van der Waals surface area contributed by atoms with Gasteiger partial charge in [-0.1, -0.05) is 18.8 Å². The zero-order chi connectivity index (χ0) is 12.7. The molecule has 0 saturated heterocycles. The van der Waals surface area contributed by atoms with Crippen molar-refractivity contribution in [1.29, 1.82) is 0 Å². The fraction of sp³-hybridized carbons (Fsp3) is 0.692. The van der Waals surface area contributed by atoms with E-state index in [1.54, 1.807) is 6.92 Å². The first-order chi connectivity index (χ1) is 8.13. The molecule has 0 radical (unpaired) electrons. The maximum Gasteiger partial charge on any atom is 0.308 e. The molecule has 1 aliphatic carbocycles. The van der Waals surface area contributed by atoms with Crippen LogP contribution in [0.5, 0.6) is 0 Å². The van der Waals surface area contributed by atoms with Crippen LogP contribution >= 0.6 is 0 Å². The van der Waals surface area contributed by atoms with Crippen LogP contribution in [0.1, 0.15) is 39.0 Å². The molecule has 94 valence electrons. The average Bonchev–Trinajstić information content (AvgIpc) is 2.79. The van der Waals surface area contributed by atoms with Gasteiger partial charge in [-0.05, 0) is 19.8 Å². The van der Waals surface area contributed by atoms with Crippen LogP contribution in [0.2, 0.25) is 0 Å². The van der Waals surface area contributed by atoms with Crippen molar-refractivity contribution in [3.8, 4) is 12.3 Å². The number of carbonyl (C=O) groups excluding carboxylic acids is 2. The summed E-state index contributed by atoms with van der Waals surface area (Å²) in [5.41, 5.74) is 0. The van der Waals surface area contributed by atoms with Crippen LogP contribution in [0.4, 0.5) is 0 Å². The maximum atomic E-state index is 11.8. The fourth-order valence-corrected chi connectivity index (χ4v) is 2.03. The predicted octanol–water partition coefficient (Wildman–Crippen LogP) is 1.25. The summed E-state index contributed by atoms with van der Waals surface area (Å²) in [6.07, 6.45) is 9.30. The van der Waals surface area contributed by atoms with E-state index in [4.69, 9.17) is 11.2 Å². The molecule has 4 heteroatoms. The molecule has 17 heavy (non-hydrogen) atoms. The van der Waals surface area contributed by atoms with E-state index in [9.17, 15) is 9.59 Å². The Labute approximate surface area is 102 Å². The number of carbonyl (C=O) groups is 2. The highest BCUT2D eigenvalue weighted by molar-refractivity contribution is 5.80. The van der Waals surface area contributed by atoms with Gasteiger partial charge in [-0.25, -0.2) is 0 Å². The van der Waals surface area contributed by atoms with Gasteiger partial charge in [0.15, 0.2) is 6.61 Å². The van der Waals surface area contributed by atoms with Crippen molar-refractivity contribution in [2.24, 2.45) is 5.92 Å². The first kappa shape index (κ1) is 13.6. The summed E-state index contributed by atoms with van der Waals surface area (Å²) in [5, 5.41) is 2.84. The molecule has 0 unspecified atom stereocenters. The Hall–Kier alpha value is -1.50. The molecule has 1 atom stereocenters. The van der Waals surface area contributed by atoms with Crippen LogP contribution in [0.15, 0.2) is 0 Å². The largest absolute Gasteiger partial charge is 0.452 e. The Morgan fingerprint density at radius 1 is 1.47 bits per heavy atom. The summed E-state index contributed by atoms with van der Waals surface area (Å²) in [6.45, 7) is 1.78. The van der Waals surface area contributed by atoms with E-state index in [0.29, 0.717) is 0 Å². The molecule has 0 aromatic heterocycles. The summed E-state index contributed by atoms with van der Waals surface area (Å²) in [6, 6.07) is -0.201. The summed E-state index contributed by atoms with van der Waals surface area (Å²) < 4.78 is 4.74. The minimum absolute atomic E-state index is 0.0118. The highest BCUT2D eigenvalue weighted by Crippen LogP contribution is 2.24. The Kier molecular flexibility index (Phi) is 5.55. The zero-order valence-electron chi connectivity index (χ0n) is 10.2. The van der Waals surface area contributed by atoms with Gasteiger partial charge < -0.3 is 10.1 Å². The summed E-state index contributed by atoms with van der Waals surface area (Å²) in [7, 11) is 0. The average molecular weight is 237 g/mol. The lowest BCUT2D eigenvalue weighted by atomic mass is 10.1. The third-order valence-electron chi connectivity index (χ3n) is 2.90. The number of amides is 1. The van der Waals surface area contributed by atoms with Crippen LogP contribution in [0.3, 0.4) is 0 Å². The van der Waals surface area contributed by atoms with Crippen LogP contribution in [0, 0.1) is 18.3 Å². The highest BCUT2D eigenvalue weighted by Gasteiger charge is 2.24. The van der Waals surface area contributed by atoms with Gasteiger partial charge in [-0.3, -0.25) is 9.59 Å². The molecule has 0 aromatic rings. The van der Waals surface area contributed by atoms with E-state index in [-0.39, 0.29) is 36.9 Å². The molecule has 1 saturated carbocycles. The first-order valence-corrected chi connectivity index (χ1v) is 6.03. The molecule has 0 aliphatic heterocycles. The quantitative estimate of drug-likeness (QED) is 0.578. The fourth-order valence-electron chi connectivity index (χ4n) is 2.03. The Morgan fingerprint density at radius 3 is 2.71 bits per heavy atom. The lowest BCUT2D eigenvalue weighted by molar-refractivity contribution is -0.142. The number of terminal acetylenes is 1. The second-order valence-electron chi connectivity index (χ2n) is 4.46. The minimum atomic E-state index is -0.373. The van der Waals surface area contributed by atoms with E-state index in [1.165, 1.54) is 0 Å². The predicted molar refractivity (Wildman–Crippen MR) is 64.0 cm³/mol. The molecule has 0 heterocycles. The molecule has 1 rings (SSSR count). The van der Waals surface area contributed by atoms with Crippen molar-refractivity contribution in [3.63, 3.8) is 0 Å². The second-order valence-corrected chi connectivity index (χ2v) is 4.46. The minimum Gasteiger partial charge on any atom is -0.452 e. The Morgan fingerprint density at radius 2 is 2.12 bits per heavy atom. The zero-order valence-corrected chi connectivity index (χ0v) is 10.2. The van der Waals surface area contributed by atoms with Crippen LogP contribution in [0.25, 0.3) is 0 Å². The van der Waals surface area contributed by atoms with E-state index in [0.717, 1.165) is 25.7 Å². The van der Waals surface area contributed by atoms with Crippen molar-refractivity contribution in [1.82, 2.24) is 5.32 Å². The Bertz CT molecular complexity index is 313. The molecule has 0 spiro atoms. The van der Waals surface area contributed by atoms with Crippen LogP contribution in [-0.4, -0.2) is 24.5 Å². The van der Waals surface area contributed by atoms with Gasteiger partial charge in [0.25, 0.3) is 0 Å². The highest BCUT2D eigenvalue weighted by atomic mass is 16.5. The van der Waals surface area contributed by atoms with E-state index < -0.39 is 0 Å². The van der Waals surface area contributed by atoms with Crippen molar-refractivity contribution in [3.05, 3.63) is 0 Å². The lowest BCUT2D eigenvalue weighted by Crippen LogP contribution is -2.37. The molecule has 0 aromatic carbocycles. The molecular weight excluding hydrogens is 218 g/mol. The van der Waals surface area contributed by atoms with E-state index in [1.807, 2.05) is 0 Å². The molecule has 1 N–H and O–H groups in total. The number of esters is 1. The number of nitrogens with one attached hydrogen (secondary N) is 1. The van der Waals surface area contributed by atoms with Crippen LogP contribution in [-0.2, 0) is 14.3 Å². The van der Waals surface area contributed by atoms with Gasteiger partial charge in [0.05, 0.1) is 6.42 Å². The normalized spacial score (nSPS) is 17.2. The van der Waals surface area contributed by atoms with Gasteiger partial charge in [0.2, 0.25) is 5.91 Å². The summed E-state index contributed by atoms with van der Waals surface area (Å²) in [5.74, 6) is 2.03. The summed E-state index contributed by atoms with van der Waals surface area (Å²) in [4.78, 5) is 23.0. The van der Waals surface area contributed by atoms with Crippen LogP contribution < -0.4 is 5.32 Å². The van der Waals surface area contributed by atoms with Crippen molar-refractivity contribution >= 4 is 11.9 Å². The molecule has 1 aliphatic rings. The monoisotopic (exact) mass is 237 g/mol. The standard InChI is InChI=1S/C13H19NO3/c1-3-8-17-12(15)9-10(2)14-13(16)11-6-4-5-7-11/h1,10-11H,4-9H2,2H3,(H,14,16)/t10-/m1/s1. The topological polar surface area (TPSA) is 55.4 Å². The molecule has 0 bridgehead atoms. The first-order valence-electron chi connectivity index (χ1n) is 6.03. The van der Waals surface area contributed by atoms with Gasteiger partial charge in [-0.15, -0.1) is 6.42 Å². The lowest BCUT2D eigenvalue weighted by Gasteiger charge is -2.16. The van der Waals surface area contributed by atoms with E-state index >= 15 is 0 Å². The number of hydrogen-bond acceptors (Lipinski definition) is 3.